The Bertz CT molecular complexity index is 1660. The average Bonchev–Trinajstić information content (AvgIpc) is 3.24. The smallest absolute Gasteiger partial charge is 0.416 e. The molecule has 3 amide bonds. The number of hydrogen-bond acceptors (Lipinski definition) is 6. The molecule has 0 aromatic heterocycles. The van der Waals surface area contributed by atoms with E-state index in [1.807, 2.05) is 85.8 Å². The third-order valence-corrected chi connectivity index (χ3v) is 9.06. The highest BCUT2D eigenvalue weighted by molar-refractivity contribution is 14.2. The first-order valence-corrected chi connectivity index (χ1v) is 17.1. The van der Waals surface area contributed by atoms with Crippen molar-refractivity contribution in [2.45, 2.75) is 38.8 Å². The van der Waals surface area contributed by atoms with Crippen LogP contribution >= 0.6 is 20.7 Å². The minimum absolute atomic E-state index is 0.172. The molecule has 2 aliphatic heterocycles. The molecule has 1 N–H and O–H groups in total. The van der Waals surface area contributed by atoms with E-state index in [9.17, 15) is 14.4 Å². The maximum Gasteiger partial charge on any atom is 0.416 e. The molecule has 0 aliphatic carbocycles. The molecule has 0 spiro atoms. The summed E-state index contributed by atoms with van der Waals surface area (Å²) < 4.78 is 22.0. The molecule has 0 bridgehead atoms. The summed E-state index contributed by atoms with van der Waals surface area (Å²) in [5, 5.41) is 2.97. The highest BCUT2D eigenvalue weighted by Gasteiger charge is 2.40. The predicted molar refractivity (Wildman–Crippen MR) is 182 cm³/mol. The monoisotopic (exact) mass is 718 g/mol. The second-order valence-corrected chi connectivity index (χ2v) is 12.6. The van der Waals surface area contributed by atoms with E-state index >= 15 is 0 Å². The van der Waals surface area contributed by atoms with Crippen LogP contribution in [0.15, 0.2) is 101 Å². The number of nitrogens with one attached hydrogen (secondary N) is 1. The fourth-order valence-corrected chi connectivity index (χ4v) is 6.34. The number of benzene rings is 3. The van der Waals surface area contributed by atoms with E-state index in [0.29, 0.717) is 42.9 Å². The number of carbonyl (C=O) groups is 3. The summed E-state index contributed by atoms with van der Waals surface area (Å²) >= 11 is -0.183. The highest BCUT2D eigenvalue weighted by Crippen LogP contribution is 2.26. The molecule has 1 saturated heterocycles. The van der Waals surface area contributed by atoms with Gasteiger partial charge in [0, 0.05) is 12.5 Å². The Morgan fingerprint density at radius 3 is 2.60 bits per heavy atom. The van der Waals surface area contributed by atoms with Crippen molar-refractivity contribution in [3.8, 4) is 11.5 Å². The summed E-state index contributed by atoms with van der Waals surface area (Å²) in [6, 6.07) is 22.3. The number of imide groups is 1. The lowest BCUT2D eigenvalue weighted by Crippen LogP contribution is -2.44. The van der Waals surface area contributed by atoms with Gasteiger partial charge in [-0.2, -0.15) is 0 Å². The van der Waals surface area contributed by atoms with Crippen molar-refractivity contribution in [3.05, 3.63) is 123 Å². The van der Waals surface area contributed by atoms with Crippen LogP contribution in [0.4, 0.5) is 4.79 Å². The van der Waals surface area contributed by atoms with Gasteiger partial charge in [0.2, 0.25) is 5.91 Å². The number of amides is 3. The standard InChI is InChI=1S/C36H35IN2O6/c1-3-28(35(41)39-29(24-44-36(39)42)21-25-8-5-4-6-9-25)20-27-13-16-33(43-2)32(22-27)34(40)38-23-26-11-14-31(15-12-26)45-30-10-7-18-37-19-17-30/h4-17,19,22,28-29H,3,20-21,23-24H2,1-2H3,(H,38,40)/t28-,29+/m0/s1. The van der Waals surface area contributed by atoms with E-state index in [0.717, 1.165) is 22.4 Å². The molecule has 5 rings (SSSR count). The van der Waals surface area contributed by atoms with Gasteiger partial charge < -0.3 is 19.5 Å². The normalized spacial score (nSPS) is 16.2. The first-order valence-electron chi connectivity index (χ1n) is 14.8. The second-order valence-electron chi connectivity index (χ2n) is 10.6. The van der Waals surface area contributed by atoms with Gasteiger partial charge in [-0.1, -0.05) is 59.1 Å². The molecule has 9 heteroatoms. The number of halogens is 1. The molecule has 2 heterocycles. The Morgan fingerprint density at radius 2 is 1.84 bits per heavy atom. The number of ether oxygens (including phenoxy) is 3. The largest absolute Gasteiger partial charge is 0.496 e. The molecule has 0 radical (unpaired) electrons. The van der Waals surface area contributed by atoms with Crippen LogP contribution in [0.2, 0.25) is 0 Å². The van der Waals surface area contributed by atoms with Crippen LogP contribution in [0.25, 0.3) is 0 Å². The predicted octanol–water partition coefficient (Wildman–Crippen LogP) is 6.50. The van der Waals surface area contributed by atoms with Crippen molar-refractivity contribution in [1.29, 1.82) is 0 Å². The maximum absolute atomic E-state index is 13.6. The Morgan fingerprint density at radius 1 is 1.07 bits per heavy atom. The van der Waals surface area contributed by atoms with Crippen molar-refractivity contribution in [2.75, 3.05) is 13.7 Å². The quantitative estimate of drug-likeness (QED) is 0.215. The highest BCUT2D eigenvalue weighted by atomic mass is 127. The van der Waals surface area contributed by atoms with Crippen molar-refractivity contribution in [2.24, 2.45) is 5.92 Å². The van der Waals surface area contributed by atoms with E-state index in [2.05, 4.69) is 13.1 Å². The molecule has 3 aromatic rings. The van der Waals surface area contributed by atoms with Crippen LogP contribution in [-0.4, -0.2) is 46.2 Å². The Balaban J connectivity index is 1.22. The third kappa shape index (κ3) is 8.38. The van der Waals surface area contributed by atoms with Gasteiger partial charge in [-0.3, -0.25) is 9.59 Å². The van der Waals surface area contributed by atoms with E-state index < -0.39 is 12.0 Å². The molecule has 45 heavy (non-hydrogen) atoms. The number of nitrogens with zero attached hydrogens (tertiary/aromatic N) is 1. The maximum atomic E-state index is 13.6. The Labute approximate surface area is 273 Å². The molecule has 0 saturated carbocycles. The summed E-state index contributed by atoms with van der Waals surface area (Å²) in [5.74, 6) is 0.879. The number of methoxy groups -OCH3 is 1. The Kier molecular flexibility index (Phi) is 11.0. The van der Waals surface area contributed by atoms with Gasteiger partial charge in [-0.15, -0.1) is 0 Å². The van der Waals surface area contributed by atoms with Crippen LogP contribution < -0.4 is 14.8 Å². The molecule has 232 valence electrons. The molecule has 1 fully saturated rings. The fraction of sp³-hybridized carbons (Fsp3) is 0.250. The average molecular weight is 719 g/mol. The van der Waals surface area contributed by atoms with E-state index in [-0.39, 0.29) is 45.2 Å². The minimum Gasteiger partial charge on any atom is -0.496 e. The number of rotatable bonds is 12. The Hall–Kier alpha value is -4.47. The molecular weight excluding hydrogens is 683 g/mol. The van der Waals surface area contributed by atoms with Crippen molar-refractivity contribution in [1.82, 2.24) is 10.2 Å². The van der Waals surface area contributed by atoms with E-state index in [1.54, 1.807) is 12.1 Å². The summed E-state index contributed by atoms with van der Waals surface area (Å²) in [6.07, 6.45) is 6.56. The molecule has 2 atom stereocenters. The first-order chi connectivity index (χ1) is 21.9. The summed E-state index contributed by atoms with van der Waals surface area (Å²) in [7, 11) is 1.52. The lowest BCUT2D eigenvalue weighted by molar-refractivity contribution is -0.133. The van der Waals surface area contributed by atoms with E-state index in [1.165, 1.54) is 12.0 Å². The van der Waals surface area contributed by atoms with E-state index in [4.69, 9.17) is 14.2 Å². The van der Waals surface area contributed by atoms with Gasteiger partial charge >= 0.3 is 6.09 Å². The number of cyclic esters (lactones) is 1. The summed E-state index contributed by atoms with van der Waals surface area (Å²) in [4.78, 5) is 40.8. The lowest BCUT2D eigenvalue weighted by Gasteiger charge is -2.24. The molecule has 0 unspecified atom stereocenters. The molecule has 3 aromatic carbocycles. The van der Waals surface area contributed by atoms with Crippen LogP contribution in [0, 0.1) is 5.92 Å². The lowest BCUT2D eigenvalue weighted by atomic mass is 9.93. The number of allylic oxidation sites excluding steroid dienone is 3. The number of carbonyl (C=O) groups excluding carboxylic acids is 3. The number of hydrogen-bond donors (Lipinski definition) is 1. The van der Waals surface area contributed by atoms with Crippen LogP contribution in [0.1, 0.15) is 40.4 Å². The van der Waals surface area contributed by atoms with Gasteiger partial charge in [0.15, 0.2) is 0 Å². The zero-order valence-corrected chi connectivity index (χ0v) is 27.4. The zero-order chi connectivity index (χ0) is 31.6. The minimum atomic E-state index is -0.607. The third-order valence-electron chi connectivity index (χ3n) is 7.62. The van der Waals surface area contributed by atoms with Crippen molar-refractivity contribution >= 4 is 42.3 Å². The van der Waals surface area contributed by atoms with Crippen LogP contribution in [-0.2, 0) is 28.9 Å². The van der Waals surface area contributed by atoms with Crippen molar-refractivity contribution in [3.63, 3.8) is 0 Å². The topological polar surface area (TPSA) is 94.2 Å². The molecular formula is C36H35IN2O6. The summed E-state index contributed by atoms with van der Waals surface area (Å²) in [6.45, 7) is 2.41. The van der Waals surface area contributed by atoms with Gasteiger partial charge in [0.25, 0.3) is 5.91 Å². The van der Waals surface area contributed by atoms with Crippen molar-refractivity contribution < 1.29 is 28.6 Å². The first kappa shape index (κ1) is 31.9. The SMILES string of the molecule is CC[C@@H](Cc1ccc(OC)c(C(=O)NCc2ccc(OC3=CC=C=IC=C3)cc2)c1)C(=O)N1C(=O)OC[C@H]1Cc1ccccc1. The summed E-state index contributed by atoms with van der Waals surface area (Å²) in [5.41, 5.74) is 3.12. The van der Waals surface area contributed by atoms with Crippen LogP contribution in [0.5, 0.6) is 11.5 Å². The zero-order valence-electron chi connectivity index (χ0n) is 25.2. The van der Waals surface area contributed by atoms with Gasteiger partial charge in [0.05, 0.1) is 18.7 Å². The molecule has 2 aliphatic rings. The van der Waals surface area contributed by atoms with Gasteiger partial charge in [0.1, 0.15) is 23.9 Å². The second kappa shape index (κ2) is 15.5. The van der Waals surface area contributed by atoms with Crippen LogP contribution in [0.3, 0.4) is 0 Å². The van der Waals surface area contributed by atoms with Gasteiger partial charge in [-0.25, -0.2) is 9.69 Å². The van der Waals surface area contributed by atoms with Gasteiger partial charge in [-0.05, 0) is 103 Å². The fourth-order valence-electron chi connectivity index (χ4n) is 5.21. The molecule has 8 nitrogen and oxygen atoms in total.